The first-order chi connectivity index (χ1) is 26.9. The van der Waals surface area contributed by atoms with Crippen molar-refractivity contribution >= 4 is 34.8 Å². The van der Waals surface area contributed by atoms with Crippen LogP contribution in [0.4, 0.5) is 0 Å². The molecule has 57 heavy (non-hydrogen) atoms. The predicted octanol–water partition coefficient (Wildman–Crippen LogP) is 14.2. The average Bonchev–Trinajstić information content (AvgIpc) is 3.08. The molecule has 3 atom stereocenters. The molecule has 0 amide bonds. The summed E-state index contributed by atoms with van der Waals surface area (Å²) < 4.78 is 0. The van der Waals surface area contributed by atoms with Gasteiger partial charge in [0.25, 0.3) is 0 Å². The molecule has 6 heteroatoms. The van der Waals surface area contributed by atoms with E-state index in [1.807, 2.05) is 36.4 Å². The Hall–Kier alpha value is -1.59. The molecular weight excluding hydrogens is 761 g/mol. The highest BCUT2D eigenvalue weighted by molar-refractivity contribution is 6.31. The summed E-state index contributed by atoms with van der Waals surface area (Å²) in [4.78, 5) is 7.27. The van der Waals surface area contributed by atoms with Crippen molar-refractivity contribution in [3.05, 3.63) is 105 Å². The van der Waals surface area contributed by atoms with E-state index < -0.39 is 0 Å². The summed E-state index contributed by atoms with van der Waals surface area (Å²) in [6.07, 6.45) is 15.7. The highest BCUT2D eigenvalue weighted by Gasteiger charge is 2.48. The van der Waals surface area contributed by atoms with Crippen LogP contribution in [-0.4, -0.2) is 75.1 Å². The van der Waals surface area contributed by atoms with Gasteiger partial charge in [0.15, 0.2) is 0 Å². The maximum Gasteiger partial charge on any atom is 0.0406 e. The highest BCUT2D eigenvalue weighted by Crippen LogP contribution is 2.51. The van der Waals surface area contributed by atoms with E-state index in [0.717, 1.165) is 32.8 Å². The van der Waals surface area contributed by atoms with Crippen molar-refractivity contribution in [1.29, 1.82) is 0 Å². The third kappa shape index (κ3) is 11.8. The monoisotopic (exact) mass is 838 g/mol. The number of likely N-dealkylation sites (N-methyl/N-ethyl adjacent to an activating group) is 3. The van der Waals surface area contributed by atoms with Gasteiger partial charge in [-0.1, -0.05) is 132 Å². The molecule has 0 aliphatic heterocycles. The van der Waals surface area contributed by atoms with Crippen molar-refractivity contribution in [3.8, 4) is 0 Å². The van der Waals surface area contributed by atoms with Crippen LogP contribution in [-0.2, 0) is 16.2 Å². The van der Waals surface area contributed by atoms with Gasteiger partial charge in [-0.15, -0.1) is 0 Å². The van der Waals surface area contributed by atoms with Crippen LogP contribution in [0.1, 0.15) is 135 Å². The van der Waals surface area contributed by atoms with Crippen LogP contribution < -0.4 is 0 Å². The maximum absolute atomic E-state index is 6.04. The topological polar surface area (TPSA) is 9.72 Å². The smallest absolute Gasteiger partial charge is 0.0406 e. The fourth-order valence-electron chi connectivity index (χ4n) is 10.6. The number of nitrogens with zero attached hydrogens (tertiary/aromatic N) is 3. The Bertz CT molecular complexity index is 1410. The van der Waals surface area contributed by atoms with Gasteiger partial charge in [0, 0.05) is 49.4 Å². The van der Waals surface area contributed by atoms with Crippen molar-refractivity contribution in [1.82, 2.24) is 14.7 Å². The Labute approximate surface area is 365 Å². The molecule has 3 aromatic carbocycles. The largest absolute Gasteiger partial charge is 0.306 e. The van der Waals surface area contributed by atoms with Gasteiger partial charge in [0.2, 0.25) is 0 Å². The van der Waals surface area contributed by atoms with Crippen molar-refractivity contribution in [2.45, 2.75) is 153 Å². The summed E-state index contributed by atoms with van der Waals surface area (Å²) in [5, 5.41) is 2.51. The van der Waals surface area contributed by atoms with E-state index >= 15 is 0 Å². The summed E-state index contributed by atoms with van der Waals surface area (Å²) in [6, 6.07) is 27.5. The minimum absolute atomic E-state index is 0.346. The molecule has 0 saturated heterocycles. The normalized spacial score (nSPS) is 19.5. The minimum Gasteiger partial charge on any atom is -0.306 e. The molecule has 3 aliphatic rings. The van der Waals surface area contributed by atoms with Gasteiger partial charge in [0.1, 0.15) is 0 Å². The van der Waals surface area contributed by atoms with E-state index in [2.05, 4.69) is 135 Å². The summed E-state index contributed by atoms with van der Waals surface area (Å²) in [6.45, 7) is 13.9. The van der Waals surface area contributed by atoms with Gasteiger partial charge in [-0.2, -0.15) is 0 Å². The molecule has 3 fully saturated rings. The van der Waals surface area contributed by atoms with Crippen LogP contribution in [0.2, 0.25) is 15.1 Å². The first-order valence-corrected chi connectivity index (χ1v) is 23.3. The lowest BCUT2D eigenvalue weighted by Gasteiger charge is -2.51. The van der Waals surface area contributed by atoms with Crippen LogP contribution in [0.3, 0.4) is 0 Å². The predicted molar refractivity (Wildman–Crippen MR) is 252 cm³/mol. The molecule has 3 unspecified atom stereocenters. The quantitative estimate of drug-likeness (QED) is 0.151. The van der Waals surface area contributed by atoms with Crippen LogP contribution in [0.25, 0.3) is 0 Å². The molecule has 3 nitrogen and oxygen atoms in total. The number of hydrogen-bond acceptors (Lipinski definition) is 3. The molecule has 6 rings (SSSR count). The van der Waals surface area contributed by atoms with E-state index in [9.17, 15) is 0 Å². The number of rotatable bonds is 15. The first-order valence-electron chi connectivity index (χ1n) is 22.1. The summed E-state index contributed by atoms with van der Waals surface area (Å²) >= 11 is 18.1. The van der Waals surface area contributed by atoms with Gasteiger partial charge < -0.3 is 14.7 Å². The van der Waals surface area contributed by atoms with Gasteiger partial charge in [0.05, 0.1) is 0 Å². The molecule has 0 bridgehead atoms. The molecule has 0 N–H and O–H groups in total. The molecule has 0 radical (unpaired) electrons. The first kappa shape index (κ1) is 48.1. The maximum atomic E-state index is 6.04. The third-order valence-corrected chi connectivity index (χ3v) is 14.6. The zero-order valence-corrected chi connectivity index (χ0v) is 40.1. The summed E-state index contributed by atoms with van der Waals surface area (Å²) in [7, 11) is 13.4. The Morgan fingerprint density at radius 3 is 0.702 bits per heavy atom. The Kier molecular flexibility index (Phi) is 17.9. The molecule has 0 heterocycles. The van der Waals surface area contributed by atoms with Crippen LogP contribution in [0.5, 0.6) is 0 Å². The third-order valence-electron chi connectivity index (χ3n) is 13.9. The number of hydrogen-bond donors (Lipinski definition) is 0. The zero-order valence-electron chi connectivity index (χ0n) is 37.9. The molecule has 318 valence electrons. The van der Waals surface area contributed by atoms with Crippen molar-refractivity contribution < 1.29 is 0 Å². The average molecular weight is 840 g/mol. The van der Waals surface area contributed by atoms with Gasteiger partial charge in [-0.05, 0) is 171 Å². The van der Waals surface area contributed by atoms with Crippen LogP contribution >= 0.6 is 34.8 Å². The zero-order chi connectivity index (χ0) is 42.1. The number of halogens is 3. The molecule has 0 aromatic heterocycles. The van der Waals surface area contributed by atoms with Crippen molar-refractivity contribution in [2.24, 2.45) is 17.8 Å². The molecule has 0 spiro atoms. The van der Waals surface area contributed by atoms with E-state index in [1.165, 1.54) is 93.7 Å². The van der Waals surface area contributed by atoms with Crippen LogP contribution in [0, 0.1) is 17.8 Å². The Morgan fingerprint density at radius 1 is 0.386 bits per heavy atom. The second kappa shape index (κ2) is 21.3. The molecule has 3 aliphatic carbocycles. The second-order valence-corrected chi connectivity index (χ2v) is 21.2. The van der Waals surface area contributed by atoms with Gasteiger partial charge in [-0.3, -0.25) is 0 Å². The van der Waals surface area contributed by atoms with E-state index in [0.29, 0.717) is 34.4 Å². The fourth-order valence-corrected chi connectivity index (χ4v) is 11.0. The minimum atomic E-state index is 0.346. The van der Waals surface area contributed by atoms with Crippen LogP contribution in [0.15, 0.2) is 72.8 Å². The van der Waals surface area contributed by atoms with E-state index in [1.54, 1.807) is 0 Å². The lowest BCUT2D eigenvalue weighted by molar-refractivity contribution is 0.0808. The van der Waals surface area contributed by atoms with Gasteiger partial charge >= 0.3 is 0 Å². The SMILES string of the molecule is CC(C)CC(N(C)C)C1(c2ccc(Cl)cc2)CCC1.CC(C)CC(N(C)C)C1(c2ccc(Cl)cc2)CCC1.CC(C)CC(N(C)C)C1(c2ccc(Cl)cc2)CCC1. The Morgan fingerprint density at radius 2 is 0.579 bits per heavy atom. The fraction of sp³-hybridized carbons (Fsp3) is 0.647. The Balaban J connectivity index is 0.000000189. The van der Waals surface area contributed by atoms with E-state index in [4.69, 9.17) is 34.8 Å². The van der Waals surface area contributed by atoms with E-state index in [-0.39, 0.29) is 0 Å². The lowest BCUT2D eigenvalue weighted by Crippen LogP contribution is -2.52. The van der Waals surface area contributed by atoms with Crippen molar-refractivity contribution in [3.63, 3.8) is 0 Å². The number of benzene rings is 3. The highest BCUT2D eigenvalue weighted by atomic mass is 35.5. The molecule has 3 saturated carbocycles. The standard InChI is InChI=1S/3C17H26ClN/c3*1-13(2)12-16(19(3)4)17(10-5-11-17)14-6-8-15(18)9-7-14/h3*6-9,13,16H,5,10-12H2,1-4H3. The van der Waals surface area contributed by atoms with Gasteiger partial charge in [-0.25, -0.2) is 0 Å². The summed E-state index contributed by atoms with van der Waals surface area (Å²) in [5.41, 5.74) is 5.46. The van der Waals surface area contributed by atoms with Crippen molar-refractivity contribution in [2.75, 3.05) is 42.3 Å². The lowest BCUT2D eigenvalue weighted by atomic mass is 9.58. The summed E-state index contributed by atoms with van der Waals surface area (Å²) in [5.74, 6) is 2.20. The molecule has 3 aromatic rings. The second-order valence-electron chi connectivity index (χ2n) is 19.9. The molecular formula is C51H78Cl3N3.